The second-order valence-electron chi connectivity index (χ2n) is 7.09. The molecule has 2 aromatic rings. The Morgan fingerprint density at radius 2 is 1.91 bits per heavy atom. The van der Waals surface area contributed by atoms with Crippen LogP contribution < -0.4 is 5.73 Å². The third-order valence-electron chi connectivity index (χ3n) is 4.90. The van der Waals surface area contributed by atoms with Crippen LogP contribution in [-0.2, 0) is 10.3 Å². The van der Waals surface area contributed by atoms with Crippen molar-refractivity contribution >= 4 is 18.5 Å². The number of nitrogens with zero attached hydrogens (tertiary/aromatic N) is 3. The van der Waals surface area contributed by atoms with Crippen LogP contribution in [0.25, 0.3) is 0 Å². The molecule has 0 unspecified atom stereocenters. The van der Waals surface area contributed by atoms with Gasteiger partial charge in [0, 0.05) is 37.0 Å². The number of hydrogen-bond donors (Lipinski definition) is 1. The molecule has 1 heterocycles. The Labute approximate surface area is 195 Å². The first-order valence-electron chi connectivity index (χ1n) is 10.9. The molecule has 1 aliphatic rings. The number of hydrogen-bond acceptors (Lipinski definition) is 4. The van der Waals surface area contributed by atoms with E-state index >= 15 is 0 Å². The van der Waals surface area contributed by atoms with Crippen LogP contribution in [0, 0.1) is 11.6 Å². The van der Waals surface area contributed by atoms with Gasteiger partial charge in [0.1, 0.15) is 23.6 Å². The number of benzene rings is 2. The summed E-state index contributed by atoms with van der Waals surface area (Å²) in [6, 6.07) is 12.5. The Morgan fingerprint density at radius 1 is 1.21 bits per heavy atom. The number of nitrogens with two attached hydrogens (primary N) is 1. The van der Waals surface area contributed by atoms with E-state index in [1.54, 1.807) is 30.3 Å². The first-order valence-corrected chi connectivity index (χ1v) is 10.9. The van der Waals surface area contributed by atoms with E-state index in [1.165, 1.54) is 25.5 Å². The zero-order chi connectivity index (χ0) is 24.7. The Kier molecular flexibility index (Phi) is 12.7. The largest absolute Gasteiger partial charge is 0.366 e. The third-order valence-corrected chi connectivity index (χ3v) is 4.90. The van der Waals surface area contributed by atoms with E-state index in [4.69, 9.17) is 4.74 Å². The molecule has 8 heteroatoms. The number of amides is 1. The van der Waals surface area contributed by atoms with Crippen LogP contribution >= 0.6 is 0 Å². The van der Waals surface area contributed by atoms with E-state index in [2.05, 4.69) is 15.7 Å². The van der Waals surface area contributed by atoms with Crippen molar-refractivity contribution in [3.63, 3.8) is 0 Å². The van der Waals surface area contributed by atoms with Crippen LogP contribution in [0.15, 0.2) is 58.5 Å². The lowest BCUT2D eigenvalue weighted by molar-refractivity contribution is -0.112. The lowest BCUT2D eigenvalue weighted by Crippen LogP contribution is -2.52. The lowest BCUT2D eigenvalue weighted by atomic mass is 9.86. The number of carbonyl (C=O) groups is 1. The molecule has 2 aromatic carbocycles. The van der Waals surface area contributed by atoms with Crippen molar-refractivity contribution < 1.29 is 18.3 Å². The quantitative estimate of drug-likeness (QED) is 0.529. The van der Waals surface area contributed by atoms with Crippen molar-refractivity contribution in [3.8, 4) is 0 Å². The van der Waals surface area contributed by atoms with Gasteiger partial charge in [-0.15, -0.1) is 0 Å². The van der Waals surface area contributed by atoms with Crippen LogP contribution in [0.1, 0.15) is 42.6 Å². The highest BCUT2D eigenvalue weighted by Gasteiger charge is 2.41. The minimum absolute atomic E-state index is 0.105. The minimum atomic E-state index is -0.949. The predicted molar refractivity (Wildman–Crippen MR) is 130 cm³/mol. The predicted octanol–water partition coefficient (Wildman–Crippen LogP) is 4.44. The Hall–Kier alpha value is -2.97. The highest BCUT2D eigenvalue weighted by Crippen LogP contribution is 2.36. The average molecular weight is 461 g/mol. The summed E-state index contributed by atoms with van der Waals surface area (Å²) in [7, 11) is 3.19. The van der Waals surface area contributed by atoms with Gasteiger partial charge in [0.2, 0.25) is 0 Å². The summed E-state index contributed by atoms with van der Waals surface area (Å²) in [5.41, 5.74) is 4.45. The highest BCUT2D eigenvalue weighted by atomic mass is 19.1. The number of carbonyl (C=O) groups excluding carboxylic acids is 1. The summed E-state index contributed by atoms with van der Waals surface area (Å²) in [6.07, 6.45) is 4.49. The number of morpholine rings is 1. The highest BCUT2D eigenvalue weighted by molar-refractivity contribution is 5.94. The van der Waals surface area contributed by atoms with Crippen LogP contribution in [0.3, 0.4) is 0 Å². The SMILES string of the molecule is CC=NC=NC.CCC[C@]1(c2ccc(F)cc2F)CN(C(=O)c2ccccc2)CCO1.CN. The van der Waals surface area contributed by atoms with Gasteiger partial charge in [0.05, 0.1) is 13.2 Å². The fraction of sp³-hybridized carbons (Fsp3) is 0.400. The lowest BCUT2D eigenvalue weighted by Gasteiger charge is -2.43. The van der Waals surface area contributed by atoms with Crippen molar-refractivity contribution in [2.75, 3.05) is 33.8 Å². The maximum absolute atomic E-state index is 14.4. The van der Waals surface area contributed by atoms with Gasteiger partial charge < -0.3 is 15.4 Å². The molecule has 0 bridgehead atoms. The van der Waals surface area contributed by atoms with Crippen LogP contribution in [0.5, 0.6) is 0 Å². The molecule has 0 aliphatic carbocycles. The van der Waals surface area contributed by atoms with E-state index in [0.717, 1.165) is 12.5 Å². The molecule has 1 fully saturated rings. The normalized spacial score (nSPS) is 17.8. The van der Waals surface area contributed by atoms with Crippen LogP contribution in [-0.4, -0.2) is 57.2 Å². The summed E-state index contributed by atoms with van der Waals surface area (Å²) >= 11 is 0. The molecule has 3 rings (SSSR count). The van der Waals surface area contributed by atoms with E-state index in [9.17, 15) is 13.6 Å². The van der Waals surface area contributed by atoms with Crippen molar-refractivity contribution in [1.29, 1.82) is 0 Å². The third kappa shape index (κ3) is 8.14. The van der Waals surface area contributed by atoms with E-state index in [1.807, 2.05) is 32.0 Å². The zero-order valence-corrected chi connectivity index (χ0v) is 19.8. The van der Waals surface area contributed by atoms with Gasteiger partial charge in [0.25, 0.3) is 5.91 Å². The van der Waals surface area contributed by atoms with Crippen LogP contribution in [0.4, 0.5) is 8.78 Å². The minimum Gasteiger partial charge on any atom is -0.366 e. The summed E-state index contributed by atoms with van der Waals surface area (Å²) in [5, 5.41) is 0. The van der Waals surface area contributed by atoms with Gasteiger partial charge in [-0.25, -0.2) is 8.78 Å². The molecular formula is C25H34F2N4O2. The summed E-state index contributed by atoms with van der Waals surface area (Å²) in [4.78, 5) is 21.7. The van der Waals surface area contributed by atoms with Gasteiger partial charge >= 0.3 is 0 Å². The average Bonchev–Trinajstić information content (AvgIpc) is 2.84. The van der Waals surface area contributed by atoms with Gasteiger partial charge in [-0.2, -0.15) is 0 Å². The molecular weight excluding hydrogens is 426 g/mol. The molecule has 1 saturated heterocycles. The number of halogens is 2. The molecule has 0 spiro atoms. The molecule has 0 saturated carbocycles. The smallest absolute Gasteiger partial charge is 0.254 e. The summed E-state index contributed by atoms with van der Waals surface area (Å²) in [6.45, 7) is 4.83. The molecule has 33 heavy (non-hydrogen) atoms. The fourth-order valence-electron chi connectivity index (χ4n) is 3.57. The molecule has 1 amide bonds. The molecule has 2 N–H and O–H groups in total. The number of rotatable bonds is 5. The van der Waals surface area contributed by atoms with E-state index in [-0.39, 0.29) is 12.5 Å². The second-order valence-corrected chi connectivity index (χ2v) is 7.09. The van der Waals surface area contributed by atoms with Gasteiger partial charge in [-0.3, -0.25) is 14.8 Å². The molecule has 1 aliphatic heterocycles. The standard InChI is InChI=1S/C20H21F2NO2.C4H8N2.CH5N/c1-2-10-20(17-9-8-16(21)13-18(17)22)14-23(11-12-25-20)19(24)15-6-4-3-5-7-15;1-3-6-4-5-2;1-2/h3-9,13H,2,10-12,14H2,1H3;3-4H,1-2H3;2H2,1H3/t20-;;/m1../s1. The number of ether oxygens (including phenoxy) is 1. The topological polar surface area (TPSA) is 80.3 Å². The Balaban J connectivity index is 0.000000593. The van der Waals surface area contributed by atoms with E-state index in [0.29, 0.717) is 30.7 Å². The van der Waals surface area contributed by atoms with Gasteiger partial charge in [-0.1, -0.05) is 37.6 Å². The molecule has 180 valence electrons. The maximum atomic E-state index is 14.4. The van der Waals surface area contributed by atoms with Crippen molar-refractivity contribution in [3.05, 3.63) is 71.3 Å². The fourth-order valence-corrected chi connectivity index (χ4v) is 3.57. The summed E-state index contributed by atoms with van der Waals surface area (Å²) in [5.74, 6) is -1.37. The molecule has 6 nitrogen and oxygen atoms in total. The zero-order valence-electron chi connectivity index (χ0n) is 19.8. The van der Waals surface area contributed by atoms with Gasteiger partial charge in [-0.05, 0) is 38.6 Å². The number of aliphatic imine (C=N–C) groups is 2. The monoisotopic (exact) mass is 460 g/mol. The maximum Gasteiger partial charge on any atom is 0.254 e. The van der Waals surface area contributed by atoms with Crippen molar-refractivity contribution in [2.24, 2.45) is 15.7 Å². The second kappa shape index (κ2) is 15.0. The van der Waals surface area contributed by atoms with Crippen molar-refractivity contribution in [2.45, 2.75) is 32.3 Å². The van der Waals surface area contributed by atoms with E-state index < -0.39 is 17.2 Å². The molecule has 1 atom stereocenters. The summed E-state index contributed by atoms with van der Waals surface area (Å²) < 4.78 is 33.7. The van der Waals surface area contributed by atoms with Gasteiger partial charge in [0.15, 0.2) is 0 Å². The first kappa shape index (κ1) is 28.1. The van der Waals surface area contributed by atoms with Crippen LogP contribution in [0.2, 0.25) is 0 Å². The molecule has 0 aromatic heterocycles. The Bertz CT molecular complexity index is 893. The molecule has 0 radical (unpaired) electrons. The van der Waals surface area contributed by atoms with Crippen molar-refractivity contribution in [1.82, 2.24) is 4.90 Å². The first-order chi connectivity index (χ1) is 16.0. The Morgan fingerprint density at radius 3 is 2.45 bits per heavy atom.